The maximum atomic E-state index is 12.5. The van der Waals surface area contributed by atoms with Crippen LogP contribution in [-0.2, 0) is 4.79 Å². The molecule has 0 aromatic carbocycles. The van der Waals surface area contributed by atoms with Crippen molar-refractivity contribution >= 4 is 5.91 Å². The molecule has 0 aromatic rings. The third-order valence-electron chi connectivity index (χ3n) is 5.89. The number of aliphatic hydroxyl groups excluding tert-OH is 3. The molecular weight excluding hydrogens is 404 g/mol. The zero-order valence-corrected chi connectivity index (χ0v) is 20.9. The average molecular weight is 457 g/mol. The van der Waals surface area contributed by atoms with Crippen LogP contribution in [0.1, 0.15) is 96.8 Å². The number of rotatable bonds is 24. The van der Waals surface area contributed by atoms with Gasteiger partial charge in [0.2, 0.25) is 5.91 Å². The molecule has 0 unspecified atom stereocenters. The average Bonchev–Trinajstić information content (AvgIpc) is 2.79. The first-order chi connectivity index (χ1) is 15.7. The fraction of sp³-hybridized carbons (Fsp3) is 0.885. The monoisotopic (exact) mass is 456 g/mol. The van der Waals surface area contributed by atoms with Crippen LogP contribution in [0.25, 0.3) is 0 Å². The maximum absolute atomic E-state index is 12.5. The van der Waals surface area contributed by atoms with E-state index in [-0.39, 0.29) is 25.7 Å². The molecule has 0 aliphatic carbocycles. The Morgan fingerprint density at radius 3 is 1.66 bits per heavy atom. The van der Waals surface area contributed by atoms with Gasteiger partial charge in [0.15, 0.2) is 0 Å². The first-order valence-corrected chi connectivity index (χ1v) is 13.2. The van der Waals surface area contributed by atoms with Crippen molar-refractivity contribution in [2.24, 2.45) is 0 Å². The Balaban J connectivity index is 3.76. The normalized spacial score (nSPS) is 11.7. The quantitative estimate of drug-likeness (QED) is 0.150. The lowest BCUT2D eigenvalue weighted by molar-refractivity contribution is -0.132. The number of carbonyl (C=O) groups is 1. The number of carbonyl (C=O) groups excluding carboxylic acids is 1. The zero-order chi connectivity index (χ0) is 23.7. The lowest BCUT2D eigenvalue weighted by atomic mass is 10.1. The van der Waals surface area contributed by atoms with Crippen LogP contribution in [0.3, 0.4) is 0 Å². The van der Waals surface area contributed by atoms with Crippen molar-refractivity contribution in [1.29, 1.82) is 0 Å². The fourth-order valence-corrected chi connectivity index (χ4v) is 3.87. The molecule has 0 radical (unpaired) electrons. The fourth-order valence-electron chi connectivity index (χ4n) is 3.87. The summed E-state index contributed by atoms with van der Waals surface area (Å²) in [6, 6.07) is 0. The molecule has 0 saturated heterocycles. The second-order valence-corrected chi connectivity index (χ2v) is 8.73. The summed E-state index contributed by atoms with van der Waals surface area (Å²) in [5, 5.41) is 27.5. The number of aliphatic hydroxyl groups is 3. The maximum Gasteiger partial charge on any atom is 0.222 e. The van der Waals surface area contributed by atoms with Crippen LogP contribution in [-0.4, -0.2) is 83.6 Å². The molecule has 0 fully saturated rings. The Morgan fingerprint density at radius 2 is 1.12 bits per heavy atom. The molecule has 0 aliphatic rings. The van der Waals surface area contributed by atoms with Gasteiger partial charge in [-0.25, -0.2) is 0 Å². The standard InChI is InChI=1S/C26H52N2O4/c1-2-3-4-5-6-7-8-9-10-11-12-13-14-15-16-17-26(32)28(22-25-31)19-18-27(20-23-29)21-24-30/h9-10,29-31H,2-8,11-25H2,1H3/b10-9-. The lowest BCUT2D eigenvalue weighted by Crippen LogP contribution is -2.41. The van der Waals surface area contributed by atoms with Crippen molar-refractivity contribution in [3.05, 3.63) is 12.2 Å². The van der Waals surface area contributed by atoms with E-state index in [4.69, 9.17) is 10.2 Å². The lowest BCUT2D eigenvalue weighted by Gasteiger charge is -2.26. The summed E-state index contributed by atoms with van der Waals surface area (Å²) in [6.07, 6.45) is 21.3. The van der Waals surface area contributed by atoms with Crippen LogP contribution in [0, 0.1) is 0 Å². The first-order valence-electron chi connectivity index (χ1n) is 13.2. The molecule has 190 valence electrons. The van der Waals surface area contributed by atoms with Gasteiger partial charge in [-0.1, -0.05) is 70.4 Å². The highest BCUT2D eigenvalue weighted by Gasteiger charge is 2.14. The molecule has 0 heterocycles. The minimum atomic E-state index is -0.0435. The van der Waals surface area contributed by atoms with Gasteiger partial charge in [-0.05, 0) is 32.1 Å². The van der Waals surface area contributed by atoms with E-state index in [9.17, 15) is 9.90 Å². The van der Waals surface area contributed by atoms with Gasteiger partial charge < -0.3 is 20.2 Å². The van der Waals surface area contributed by atoms with E-state index < -0.39 is 0 Å². The van der Waals surface area contributed by atoms with Crippen LogP contribution in [0.2, 0.25) is 0 Å². The van der Waals surface area contributed by atoms with Crippen molar-refractivity contribution in [1.82, 2.24) is 9.80 Å². The highest BCUT2D eigenvalue weighted by molar-refractivity contribution is 5.76. The topological polar surface area (TPSA) is 84.2 Å². The Bertz CT molecular complexity index is 426. The van der Waals surface area contributed by atoms with Crippen molar-refractivity contribution < 1.29 is 20.1 Å². The molecule has 3 N–H and O–H groups in total. The third-order valence-corrected chi connectivity index (χ3v) is 5.89. The summed E-state index contributed by atoms with van der Waals surface area (Å²) in [4.78, 5) is 16.1. The van der Waals surface area contributed by atoms with E-state index in [0.29, 0.717) is 39.1 Å². The van der Waals surface area contributed by atoms with Gasteiger partial charge >= 0.3 is 0 Å². The molecule has 32 heavy (non-hydrogen) atoms. The van der Waals surface area contributed by atoms with E-state index in [0.717, 1.165) is 19.3 Å². The van der Waals surface area contributed by atoms with Crippen LogP contribution >= 0.6 is 0 Å². The van der Waals surface area contributed by atoms with Crippen molar-refractivity contribution in [3.8, 4) is 0 Å². The third kappa shape index (κ3) is 19.7. The van der Waals surface area contributed by atoms with Crippen LogP contribution in [0.5, 0.6) is 0 Å². The highest BCUT2D eigenvalue weighted by atomic mass is 16.3. The summed E-state index contributed by atoms with van der Waals surface area (Å²) in [5.74, 6) is 0.0876. The minimum absolute atomic E-state index is 0.0306. The number of hydrogen-bond acceptors (Lipinski definition) is 5. The summed E-state index contributed by atoms with van der Waals surface area (Å²) in [6.45, 7) is 4.70. The molecule has 0 aromatic heterocycles. The summed E-state index contributed by atoms with van der Waals surface area (Å²) in [7, 11) is 0. The molecular formula is C26H52N2O4. The number of unbranched alkanes of at least 4 members (excludes halogenated alkanes) is 11. The Morgan fingerprint density at radius 1 is 0.625 bits per heavy atom. The van der Waals surface area contributed by atoms with Crippen molar-refractivity contribution in [2.75, 3.05) is 52.5 Å². The van der Waals surface area contributed by atoms with Crippen molar-refractivity contribution in [2.45, 2.75) is 96.8 Å². The first kappa shape index (κ1) is 31.0. The molecule has 0 rings (SSSR count). The molecule has 0 saturated carbocycles. The molecule has 0 spiro atoms. The Labute approximate surface area is 197 Å². The Hall–Kier alpha value is -0.950. The predicted molar refractivity (Wildman–Crippen MR) is 134 cm³/mol. The summed E-state index contributed by atoms with van der Waals surface area (Å²) in [5.41, 5.74) is 0. The highest BCUT2D eigenvalue weighted by Crippen LogP contribution is 2.11. The number of allylic oxidation sites excluding steroid dienone is 2. The van der Waals surface area contributed by atoms with Gasteiger partial charge in [0.25, 0.3) is 0 Å². The van der Waals surface area contributed by atoms with Gasteiger partial charge in [-0.15, -0.1) is 0 Å². The molecule has 6 heteroatoms. The van der Waals surface area contributed by atoms with Gasteiger partial charge in [0, 0.05) is 39.1 Å². The number of amides is 1. The van der Waals surface area contributed by atoms with Gasteiger partial charge in [-0.3, -0.25) is 9.69 Å². The van der Waals surface area contributed by atoms with E-state index in [1.54, 1.807) is 4.90 Å². The molecule has 0 aliphatic heterocycles. The van der Waals surface area contributed by atoms with E-state index >= 15 is 0 Å². The second-order valence-electron chi connectivity index (χ2n) is 8.73. The SMILES string of the molecule is CCCCCCCC/C=C\CCCCCCCC(=O)N(CCO)CCN(CCO)CCO. The van der Waals surface area contributed by atoms with Crippen LogP contribution in [0.4, 0.5) is 0 Å². The summed E-state index contributed by atoms with van der Waals surface area (Å²) < 4.78 is 0. The number of nitrogens with zero attached hydrogens (tertiary/aromatic N) is 2. The molecule has 0 atom stereocenters. The molecule has 6 nitrogen and oxygen atoms in total. The minimum Gasteiger partial charge on any atom is -0.395 e. The van der Waals surface area contributed by atoms with E-state index in [2.05, 4.69) is 19.1 Å². The van der Waals surface area contributed by atoms with Crippen LogP contribution < -0.4 is 0 Å². The summed E-state index contributed by atoms with van der Waals surface area (Å²) >= 11 is 0. The smallest absolute Gasteiger partial charge is 0.222 e. The molecule has 1 amide bonds. The van der Waals surface area contributed by atoms with Gasteiger partial charge in [0.1, 0.15) is 0 Å². The van der Waals surface area contributed by atoms with E-state index in [1.165, 1.54) is 64.2 Å². The van der Waals surface area contributed by atoms with Gasteiger partial charge in [-0.2, -0.15) is 0 Å². The van der Waals surface area contributed by atoms with Gasteiger partial charge in [0.05, 0.1) is 19.8 Å². The Kier molecular flexibility index (Phi) is 24.0. The number of hydrogen-bond donors (Lipinski definition) is 3. The van der Waals surface area contributed by atoms with Crippen molar-refractivity contribution in [3.63, 3.8) is 0 Å². The molecule has 0 bridgehead atoms. The largest absolute Gasteiger partial charge is 0.395 e. The second kappa shape index (κ2) is 24.7. The zero-order valence-electron chi connectivity index (χ0n) is 20.9. The van der Waals surface area contributed by atoms with Crippen LogP contribution in [0.15, 0.2) is 12.2 Å². The van der Waals surface area contributed by atoms with E-state index in [1.807, 2.05) is 4.90 Å². The predicted octanol–water partition coefficient (Wildman–Crippen LogP) is 4.13.